The van der Waals surface area contributed by atoms with E-state index in [0.29, 0.717) is 0 Å². The van der Waals surface area contributed by atoms with Gasteiger partial charge < -0.3 is 0 Å². The van der Waals surface area contributed by atoms with Crippen LogP contribution in [0.3, 0.4) is 0 Å². The molecular weight excluding hydrogens is 256 g/mol. The summed E-state index contributed by atoms with van der Waals surface area (Å²) in [5.74, 6) is 1.03. The highest BCUT2D eigenvalue weighted by Crippen LogP contribution is 2.03. The van der Waals surface area contributed by atoms with Crippen molar-refractivity contribution in [3.8, 4) is 0 Å². The van der Waals surface area contributed by atoms with Gasteiger partial charge in [0, 0.05) is 18.9 Å². The molecule has 0 aliphatic carbocycles. The Hall–Kier alpha value is -0.420. The van der Waals surface area contributed by atoms with Crippen LogP contribution in [0.15, 0.2) is 6.33 Å². The molecule has 1 aromatic rings. The van der Waals surface area contributed by atoms with Crippen LogP contribution in [0.4, 0.5) is 0 Å². The number of halogens is 1. The largest absolute Gasteiger partial charge is 0.295 e. The van der Waals surface area contributed by atoms with Crippen molar-refractivity contribution in [3.05, 3.63) is 12.2 Å². The lowest BCUT2D eigenvalue weighted by molar-refractivity contribution is 0.267. The van der Waals surface area contributed by atoms with E-state index in [0.717, 1.165) is 30.8 Å². The maximum atomic E-state index is 4.24. The van der Waals surface area contributed by atoms with Crippen molar-refractivity contribution in [3.63, 3.8) is 0 Å². The molecule has 0 amide bonds. The molecule has 1 rings (SSSR count). The second-order valence-corrected chi connectivity index (χ2v) is 4.41. The third-order valence-electron chi connectivity index (χ3n) is 2.40. The molecule has 0 atom stereocenters. The van der Waals surface area contributed by atoms with Crippen molar-refractivity contribution in [1.82, 2.24) is 19.7 Å². The number of rotatable bonds is 7. The molecule has 0 aliphatic heterocycles. The van der Waals surface area contributed by atoms with Crippen molar-refractivity contribution < 1.29 is 0 Å². The van der Waals surface area contributed by atoms with Crippen LogP contribution in [0.2, 0.25) is 0 Å². The molecule has 0 aliphatic rings. The summed E-state index contributed by atoms with van der Waals surface area (Å²) in [5, 5.41) is 5.09. The highest BCUT2D eigenvalue weighted by atomic mass is 79.9. The minimum atomic E-state index is 0.891. The summed E-state index contributed by atoms with van der Waals surface area (Å²) < 4.78 is 1.84. The molecular formula is C10H19BrN4. The van der Waals surface area contributed by atoms with Gasteiger partial charge in [0.1, 0.15) is 12.2 Å². The molecule has 4 nitrogen and oxygen atoms in total. The average Bonchev–Trinajstić information content (AvgIpc) is 2.61. The average molecular weight is 275 g/mol. The molecule has 0 saturated carbocycles. The Kier molecular flexibility index (Phi) is 5.86. The zero-order valence-corrected chi connectivity index (χ0v) is 11.1. The first-order chi connectivity index (χ1) is 7.27. The highest BCUT2D eigenvalue weighted by Gasteiger charge is 2.08. The Morgan fingerprint density at radius 1 is 1.47 bits per heavy atom. The Balaban J connectivity index is 2.46. The van der Waals surface area contributed by atoms with Gasteiger partial charge in [-0.3, -0.25) is 9.58 Å². The monoisotopic (exact) mass is 274 g/mol. The van der Waals surface area contributed by atoms with E-state index in [4.69, 9.17) is 0 Å². The lowest BCUT2D eigenvalue weighted by Crippen LogP contribution is -2.27. The number of hydrogen-bond acceptors (Lipinski definition) is 3. The van der Waals surface area contributed by atoms with Gasteiger partial charge in [0.05, 0.1) is 6.54 Å². The predicted molar refractivity (Wildman–Crippen MR) is 65.0 cm³/mol. The quantitative estimate of drug-likeness (QED) is 0.712. The Morgan fingerprint density at radius 2 is 2.27 bits per heavy atom. The first-order valence-electron chi connectivity index (χ1n) is 5.39. The second kappa shape index (κ2) is 6.95. The van der Waals surface area contributed by atoms with Crippen LogP contribution in [-0.4, -0.2) is 38.1 Å². The summed E-state index contributed by atoms with van der Waals surface area (Å²) >= 11 is 3.48. The minimum Gasteiger partial charge on any atom is -0.295 e. The van der Waals surface area contributed by atoms with Gasteiger partial charge in [-0.15, -0.1) is 0 Å². The zero-order valence-electron chi connectivity index (χ0n) is 9.49. The molecule has 0 unspecified atom stereocenters. The standard InChI is InChI=1S/C10H19BrN4/c1-3-4-6-15(7-5-11)8-10-12-9-13-14(10)2/h9H,3-8H2,1-2H3. The van der Waals surface area contributed by atoms with Crippen LogP contribution in [0, 0.1) is 0 Å². The zero-order chi connectivity index (χ0) is 11.1. The highest BCUT2D eigenvalue weighted by molar-refractivity contribution is 9.09. The van der Waals surface area contributed by atoms with Gasteiger partial charge >= 0.3 is 0 Å². The van der Waals surface area contributed by atoms with Crippen LogP contribution in [0.1, 0.15) is 25.6 Å². The van der Waals surface area contributed by atoms with Crippen molar-refractivity contribution in [2.45, 2.75) is 26.3 Å². The van der Waals surface area contributed by atoms with Gasteiger partial charge in [0.2, 0.25) is 0 Å². The van der Waals surface area contributed by atoms with E-state index >= 15 is 0 Å². The Labute approximate surface area is 99.8 Å². The van der Waals surface area contributed by atoms with E-state index in [1.54, 1.807) is 6.33 Å². The SMILES string of the molecule is CCCCN(CCBr)Cc1ncnn1C. The van der Waals surface area contributed by atoms with Gasteiger partial charge in [0.15, 0.2) is 0 Å². The van der Waals surface area contributed by atoms with E-state index in [2.05, 4.69) is 37.8 Å². The van der Waals surface area contributed by atoms with Crippen molar-refractivity contribution in [2.75, 3.05) is 18.4 Å². The van der Waals surface area contributed by atoms with Gasteiger partial charge in [-0.1, -0.05) is 29.3 Å². The minimum absolute atomic E-state index is 0.891. The normalized spacial score (nSPS) is 11.2. The summed E-state index contributed by atoms with van der Waals surface area (Å²) in [7, 11) is 1.94. The summed E-state index contributed by atoms with van der Waals surface area (Å²) in [5.41, 5.74) is 0. The van der Waals surface area contributed by atoms with E-state index < -0.39 is 0 Å². The van der Waals surface area contributed by atoms with E-state index in [1.165, 1.54) is 12.8 Å². The molecule has 1 aromatic heterocycles. The number of aryl methyl sites for hydroxylation is 1. The second-order valence-electron chi connectivity index (χ2n) is 3.62. The smallest absolute Gasteiger partial charge is 0.140 e. The van der Waals surface area contributed by atoms with Crippen LogP contribution in [-0.2, 0) is 13.6 Å². The predicted octanol–water partition coefficient (Wildman–Crippen LogP) is 1.81. The van der Waals surface area contributed by atoms with Gasteiger partial charge in [-0.2, -0.15) is 5.10 Å². The summed E-state index contributed by atoms with van der Waals surface area (Å²) in [6.45, 7) is 5.30. The van der Waals surface area contributed by atoms with Gasteiger partial charge in [0.25, 0.3) is 0 Å². The number of alkyl halides is 1. The fourth-order valence-corrected chi connectivity index (χ4v) is 1.94. The molecule has 0 spiro atoms. The topological polar surface area (TPSA) is 34.0 Å². The molecule has 0 fully saturated rings. The maximum Gasteiger partial charge on any atom is 0.140 e. The first kappa shape index (κ1) is 12.6. The van der Waals surface area contributed by atoms with Crippen LogP contribution >= 0.6 is 15.9 Å². The van der Waals surface area contributed by atoms with Crippen molar-refractivity contribution >= 4 is 15.9 Å². The van der Waals surface area contributed by atoms with Gasteiger partial charge in [-0.25, -0.2) is 4.98 Å². The number of unbranched alkanes of at least 4 members (excludes halogenated alkanes) is 1. The lowest BCUT2D eigenvalue weighted by Gasteiger charge is -2.20. The Bertz CT molecular complexity index is 274. The van der Waals surface area contributed by atoms with Crippen LogP contribution in [0.5, 0.6) is 0 Å². The van der Waals surface area contributed by atoms with Crippen molar-refractivity contribution in [1.29, 1.82) is 0 Å². The fraction of sp³-hybridized carbons (Fsp3) is 0.800. The molecule has 0 aromatic carbocycles. The first-order valence-corrected chi connectivity index (χ1v) is 6.51. The molecule has 5 heteroatoms. The molecule has 0 N–H and O–H groups in total. The maximum absolute atomic E-state index is 4.24. The number of aromatic nitrogens is 3. The summed E-state index contributed by atoms with van der Waals surface area (Å²) in [6.07, 6.45) is 4.09. The molecule has 0 bridgehead atoms. The van der Waals surface area contributed by atoms with Gasteiger partial charge in [-0.05, 0) is 13.0 Å². The van der Waals surface area contributed by atoms with Crippen LogP contribution in [0.25, 0.3) is 0 Å². The number of nitrogens with zero attached hydrogens (tertiary/aromatic N) is 4. The molecule has 86 valence electrons. The van der Waals surface area contributed by atoms with E-state index in [1.807, 2.05) is 11.7 Å². The third-order valence-corrected chi connectivity index (χ3v) is 2.75. The number of hydrogen-bond donors (Lipinski definition) is 0. The molecule has 0 radical (unpaired) electrons. The Morgan fingerprint density at radius 3 is 2.80 bits per heavy atom. The van der Waals surface area contributed by atoms with Crippen molar-refractivity contribution in [2.24, 2.45) is 7.05 Å². The lowest BCUT2D eigenvalue weighted by atomic mass is 10.3. The van der Waals surface area contributed by atoms with Crippen LogP contribution < -0.4 is 0 Å². The summed E-state index contributed by atoms with van der Waals surface area (Å²) in [4.78, 5) is 6.65. The fourth-order valence-electron chi connectivity index (χ4n) is 1.43. The molecule has 15 heavy (non-hydrogen) atoms. The summed E-state index contributed by atoms with van der Waals surface area (Å²) in [6, 6.07) is 0. The van der Waals surface area contributed by atoms with E-state index in [-0.39, 0.29) is 0 Å². The molecule has 0 saturated heterocycles. The third kappa shape index (κ3) is 4.30. The molecule has 1 heterocycles. The van der Waals surface area contributed by atoms with E-state index in [9.17, 15) is 0 Å².